The first-order valence-corrected chi connectivity index (χ1v) is 8.92. The highest BCUT2D eigenvalue weighted by Crippen LogP contribution is 2.41. The summed E-state index contributed by atoms with van der Waals surface area (Å²) in [6.45, 7) is 2.28. The van der Waals surface area contributed by atoms with Crippen molar-refractivity contribution < 1.29 is 23.4 Å². The molecule has 1 aliphatic heterocycles. The molecule has 150 valence electrons. The smallest absolute Gasteiger partial charge is 0.322 e. The molecule has 0 spiro atoms. The van der Waals surface area contributed by atoms with Crippen LogP contribution in [-0.4, -0.2) is 58.4 Å². The van der Waals surface area contributed by atoms with Crippen LogP contribution in [0.15, 0.2) is 36.4 Å². The van der Waals surface area contributed by atoms with Crippen molar-refractivity contribution in [3.05, 3.63) is 42.2 Å². The molecule has 0 saturated carbocycles. The first-order valence-electron chi connectivity index (χ1n) is 8.92. The van der Waals surface area contributed by atoms with E-state index in [1.54, 1.807) is 44.4 Å². The zero-order valence-electron chi connectivity index (χ0n) is 16.2. The van der Waals surface area contributed by atoms with Crippen LogP contribution in [0.25, 0.3) is 0 Å². The minimum atomic E-state index is -0.452. The van der Waals surface area contributed by atoms with Crippen LogP contribution in [-0.2, 0) is 0 Å². The number of anilines is 2. The molecule has 0 radical (unpaired) electrons. The lowest BCUT2D eigenvalue weighted by atomic mass is 10.2. The van der Waals surface area contributed by atoms with E-state index in [2.05, 4.69) is 10.2 Å². The molecule has 0 aromatic heterocycles. The van der Waals surface area contributed by atoms with Gasteiger partial charge in [0.1, 0.15) is 5.82 Å². The number of urea groups is 1. The summed E-state index contributed by atoms with van der Waals surface area (Å²) in [6.07, 6.45) is 0. The van der Waals surface area contributed by atoms with Gasteiger partial charge in [-0.25, -0.2) is 9.18 Å². The molecule has 0 bridgehead atoms. The molecule has 28 heavy (non-hydrogen) atoms. The number of halogens is 1. The molecule has 8 heteroatoms. The van der Waals surface area contributed by atoms with E-state index in [1.807, 2.05) is 12.1 Å². The normalized spacial score (nSPS) is 13.9. The van der Waals surface area contributed by atoms with Crippen LogP contribution in [0, 0.1) is 5.82 Å². The molecule has 1 heterocycles. The Morgan fingerprint density at radius 2 is 1.57 bits per heavy atom. The Balaban J connectivity index is 1.67. The number of para-hydroxylation sites is 1. The minimum Gasteiger partial charge on any atom is -0.493 e. The van der Waals surface area contributed by atoms with Gasteiger partial charge in [0.25, 0.3) is 0 Å². The first-order chi connectivity index (χ1) is 13.6. The van der Waals surface area contributed by atoms with Gasteiger partial charge in [-0.2, -0.15) is 0 Å². The third-order valence-corrected chi connectivity index (χ3v) is 4.70. The van der Waals surface area contributed by atoms with Gasteiger partial charge < -0.3 is 29.3 Å². The fraction of sp³-hybridized carbons (Fsp3) is 0.350. The number of hydrogen-bond acceptors (Lipinski definition) is 5. The molecule has 0 unspecified atom stereocenters. The summed E-state index contributed by atoms with van der Waals surface area (Å²) in [4.78, 5) is 16.2. The van der Waals surface area contributed by atoms with Crippen molar-refractivity contribution >= 4 is 17.4 Å². The molecule has 7 nitrogen and oxygen atoms in total. The Kier molecular flexibility index (Phi) is 6.08. The fourth-order valence-electron chi connectivity index (χ4n) is 3.17. The summed E-state index contributed by atoms with van der Waals surface area (Å²) in [6, 6.07) is 9.58. The van der Waals surface area contributed by atoms with E-state index in [0.29, 0.717) is 43.4 Å². The average molecular weight is 389 g/mol. The minimum absolute atomic E-state index is 0.180. The molecule has 1 N–H and O–H groups in total. The summed E-state index contributed by atoms with van der Waals surface area (Å²) in [5.74, 6) is 1.25. The number of nitrogens with one attached hydrogen (secondary N) is 1. The van der Waals surface area contributed by atoms with E-state index in [9.17, 15) is 9.18 Å². The Bertz CT molecular complexity index is 813. The highest BCUT2D eigenvalue weighted by atomic mass is 19.1. The van der Waals surface area contributed by atoms with E-state index in [4.69, 9.17) is 14.2 Å². The molecular weight excluding hydrogens is 365 g/mol. The maximum Gasteiger partial charge on any atom is 0.322 e. The second kappa shape index (κ2) is 8.69. The lowest BCUT2D eigenvalue weighted by Gasteiger charge is -2.36. The van der Waals surface area contributed by atoms with E-state index in [-0.39, 0.29) is 11.7 Å². The molecule has 3 rings (SSSR count). The van der Waals surface area contributed by atoms with Crippen molar-refractivity contribution in [1.29, 1.82) is 0 Å². The van der Waals surface area contributed by atoms with Gasteiger partial charge in [0.05, 0.1) is 27.0 Å². The third-order valence-electron chi connectivity index (χ3n) is 4.70. The van der Waals surface area contributed by atoms with E-state index >= 15 is 0 Å². The summed E-state index contributed by atoms with van der Waals surface area (Å²) in [5.41, 5.74) is 1.10. The Labute approximate surface area is 163 Å². The number of benzene rings is 2. The molecule has 2 aromatic carbocycles. The molecule has 2 aromatic rings. The van der Waals surface area contributed by atoms with Gasteiger partial charge in [0.2, 0.25) is 5.75 Å². The van der Waals surface area contributed by atoms with E-state index < -0.39 is 5.82 Å². The SMILES string of the molecule is COc1cc(N2CCN(C(=O)Nc3ccccc3F)CC2)cc(OC)c1OC. The fourth-order valence-corrected chi connectivity index (χ4v) is 3.17. The Morgan fingerprint density at radius 1 is 0.964 bits per heavy atom. The predicted octanol–water partition coefficient (Wildman–Crippen LogP) is 3.21. The van der Waals surface area contributed by atoms with Crippen LogP contribution in [0.4, 0.5) is 20.6 Å². The van der Waals surface area contributed by atoms with Crippen molar-refractivity contribution in [1.82, 2.24) is 4.90 Å². The summed E-state index contributed by atoms with van der Waals surface area (Å²) >= 11 is 0. The van der Waals surface area contributed by atoms with Gasteiger partial charge in [-0.1, -0.05) is 12.1 Å². The van der Waals surface area contributed by atoms with Gasteiger partial charge >= 0.3 is 6.03 Å². The molecule has 1 fully saturated rings. The average Bonchev–Trinajstić information content (AvgIpc) is 2.74. The molecule has 2 amide bonds. The van der Waals surface area contributed by atoms with Crippen LogP contribution in [0.1, 0.15) is 0 Å². The van der Waals surface area contributed by atoms with Crippen LogP contribution in [0.3, 0.4) is 0 Å². The van der Waals surface area contributed by atoms with Crippen molar-refractivity contribution in [3.8, 4) is 17.2 Å². The van der Waals surface area contributed by atoms with Crippen LogP contribution in [0.2, 0.25) is 0 Å². The number of methoxy groups -OCH3 is 3. The van der Waals surface area contributed by atoms with Crippen LogP contribution < -0.4 is 24.4 Å². The van der Waals surface area contributed by atoms with Gasteiger partial charge in [-0.15, -0.1) is 0 Å². The number of rotatable bonds is 5. The van der Waals surface area contributed by atoms with Gasteiger partial charge in [-0.05, 0) is 12.1 Å². The van der Waals surface area contributed by atoms with Gasteiger partial charge in [-0.3, -0.25) is 0 Å². The summed E-state index contributed by atoms with van der Waals surface area (Å²) in [7, 11) is 4.71. The van der Waals surface area contributed by atoms with Crippen molar-refractivity contribution in [2.45, 2.75) is 0 Å². The van der Waals surface area contributed by atoms with Crippen molar-refractivity contribution in [3.63, 3.8) is 0 Å². The quantitative estimate of drug-likeness (QED) is 0.851. The number of nitrogens with zero attached hydrogens (tertiary/aromatic N) is 2. The largest absolute Gasteiger partial charge is 0.493 e. The molecule has 1 aliphatic rings. The standard InChI is InChI=1S/C20H24FN3O4/c1-26-17-12-14(13-18(27-2)19(17)28-3)23-8-10-24(11-9-23)20(25)22-16-7-5-4-6-15(16)21/h4-7,12-13H,8-11H2,1-3H3,(H,22,25). The van der Waals surface area contributed by atoms with Crippen molar-refractivity contribution in [2.24, 2.45) is 0 Å². The number of carbonyl (C=O) groups is 1. The second-order valence-corrected chi connectivity index (χ2v) is 6.27. The predicted molar refractivity (Wildman–Crippen MR) is 105 cm³/mol. The topological polar surface area (TPSA) is 63.3 Å². The zero-order chi connectivity index (χ0) is 20.1. The number of piperazine rings is 1. The Morgan fingerprint density at radius 3 is 2.11 bits per heavy atom. The number of ether oxygens (including phenoxy) is 3. The van der Waals surface area contributed by atoms with Gasteiger partial charge in [0.15, 0.2) is 11.5 Å². The highest BCUT2D eigenvalue weighted by molar-refractivity contribution is 5.89. The van der Waals surface area contributed by atoms with Crippen molar-refractivity contribution in [2.75, 3.05) is 57.7 Å². The number of hydrogen-bond donors (Lipinski definition) is 1. The van der Waals surface area contributed by atoms with Gasteiger partial charge in [0, 0.05) is 44.0 Å². The lowest BCUT2D eigenvalue weighted by molar-refractivity contribution is 0.208. The molecule has 0 atom stereocenters. The number of carbonyl (C=O) groups excluding carboxylic acids is 1. The lowest BCUT2D eigenvalue weighted by Crippen LogP contribution is -2.50. The molecular formula is C20H24FN3O4. The highest BCUT2D eigenvalue weighted by Gasteiger charge is 2.24. The monoisotopic (exact) mass is 389 g/mol. The summed E-state index contributed by atoms with van der Waals surface area (Å²) in [5, 5.41) is 2.62. The van der Waals surface area contributed by atoms with E-state index in [0.717, 1.165) is 5.69 Å². The Hall–Kier alpha value is -3.16. The number of amides is 2. The maximum atomic E-state index is 13.7. The van der Waals surface area contributed by atoms with Crippen LogP contribution >= 0.6 is 0 Å². The van der Waals surface area contributed by atoms with Crippen LogP contribution in [0.5, 0.6) is 17.2 Å². The molecule has 0 aliphatic carbocycles. The maximum absolute atomic E-state index is 13.7. The summed E-state index contributed by atoms with van der Waals surface area (Å²) < 4.78 is 29.9. The third kappa shape index (κ3) is 4.05. The van der Waals surface area contributed by atoms with E-state index in [1.165, 1.54) is 6.07 Å². The molecule has 1 saturated heterocycles. The zero-order valence-corrected chi connectivity index (χ0v) is 16.2. The second-order valence-electron chi connectivity index (χ2n) is 6.27. The first kappa shape index (κ1) is 19.6.